The zero-order valence-corrected chi connectivity index (χ0v) is 24.5. The number of aromatic nitrogens is 4. The van der Waals surface area contributed by atoms with Gasteiger partial charge in [0.2, 0.25) is 0 Å². The van der Waals surface area contributed by atoms with Crippen LogP contribution in [0.5, 0.6) is 11.5 Å². The molecule has 3 aromatic heterocycles. The molecule has 4 aromatic rings. The van der Waals surface area contributed by atoms with Gasteiger partial charge >= 0.3 is 0 Å². The molecule has 13 heteroatoms. The predicted octanol–water partition coefficient (Wildman–Crippen LogP) is 5.22. The van der Waals surface area contributed by atoms with Crippen molar-refractivity contribution in [2.45, 2.75) is 26.0 Å². The quantitative estimate of drug-likeness (QED) is 0.289. The van der Waals surface area contributed by atoms with Crippen molar-refractivity contribution in [2.24, 2.45) is 5.92 Å². The fourth-order valence-electron chi connectivity index (χ4n) is 5.00. The second-order valence-corrected chi connectivity index (χ2v) is 12.8. The number of hydrogen-bond donors (Lipinski definition) is 1. The van der Waals surface area contributed by atoms with Gasteiger partial charge in [0.1, 0.15) is 33.5 Å². The number of halogens is 2. The van der Waals surface area contributed by atoms with Gasteiger partial charge < -0.3 is 14.4 Å². The summed E-state index contributed by atoms with van der Waals surface area (Å²) in [5.74, 6) is 1.55. The van der Waals surface area contributed by atoms with Crippen LogP contribution >= 0.6 is 23.2 Å². The maximum atomic E-state index is 11.7. The smallest absolute Gasteiger partial charge is 0.162 e. The molecule has 5 rings (SSSR count). The Bertz CT molecular complexity index is 1730. The molecule has 208 valence electrons. The van der Waals surface area contributed by atoms with E-state index in [9.17, 15) is 13.7 Å². The topological polar surface area (TPSA) is 134 Å². The number of nitrogens with zero attached hydrogens (tertiary/aromatic N) is 5. The fraction of sp³-hybridized carbons (Fsp3) is 0.333. The number of aromatic amines is 1. The van der Waals surface area contributed by atoms with Crippen LogP contribution in [0.25, 0.3) is 22.2 Å². The Morgan fingerprint density at radius 2 is 1.93 bits per heavy atom. The number of hydrogen-bond acceptors (Lipinski definition) is 9. The van der Waals surface area contributed by atoms with E-state index in [1.165, 1.54) is 18.6 Å². The van der Waals surface area contributed by atoms with E-state index in [0.29, 0.717) is 61.8 Å². The van der Waals surface area contributed by atoms with Crippen LogP contribution in [0.15, 0.2) is 36.8 Å². The van der Waals surface area contributed by atoms with E-state index in [0.717, 1.165) is 5.39 Å². The summed E-state index contributed by atoms with van der Waals surface area (Å²) in [7, 11) is -1.55. The summed E-state index contributed by atoms with van der Waals surface area (Å²) in [6, 6.07) is 7.49. The highest BCUT2D eigenvalue weighted by molar-refractivity contribution is 7.90. The zero-order valence-electron chi connectivity index (χ0n) is 22.1. The zero-order chi connectivity index (χ0) is 28.8. The number of pyridine rings is 2. The fourth-order valence-corrected chi connectivity index (χ4v) is 6.84. The number of rotatable bonds is 8. The van der Waals surface area contributed by atoms with E-state index < -0.39 is 15.9 Å². The van der Waals surface area contributed by atoms with Crippen molar-refractivity contribution in [3.05, 3.63) is 58.0 Å². The van der Waals surface area contributed by atoms with E-state index >= 15 is 0 Å². The SMILES string of the molecule is COc1cc2[nH]nc(-c3cnc(N4C[C@H](CS(C)(=O)=O)[C@H]4C)c(C#N)c3)c2cc1O[C@H](C)c1c(Cl)cncc1Cl. The van der Waals surface area contributed by atoms with Gasteiger partial charge in [-0.1, -0.05) is 23.2 Å². The number of methoxy groups -OCH3 is 1. The average Bonchev–Trinajstić information content (AvgIpc) is 3.32. The lowest BCUT2D eigenvalue weighted by atomic mass is 9.91. The molecule has 0 saturated carbocycles. The lowest BCUT2D eigenvalue weighted by Gasteiger charge is -2.47. The minimum Gasteiger partial charge on any atom is -0.493 e. The molecule has 0 radical (unpaired) electrons. The Morgan fingerprint density at radius 1 is 1.20 bits per heavy atom. The number of nitrogens with one attached hydrogen (secondary N) is 1. The molecule has 0 aliphatic carbocycles. The Kier molecular flexibility index (Phi) is 7.52. The summed E-state index contributed by atoms with van der Waals surface area (Å²) in [6.45, 7) is 4.29. The van der Waals surface area contributed by atoms with Crippen LogP contribution in [0.2, 0.25) is 10.0 Å². The summed E-state index contributed by atoms with van der Waals surface area (Å²) in [6.07, 6.45) is 5.40. The summed E-state index contributed by atoms with van der Waals surface area (Å²) in [4.78, 5) is 10.5. The first-order valence-electron chi connectivity index (χ1n) is 12.4. The maximum Gasteiger partial charge on any atom is 0.162 e. The molecule has 0 unspecified atom stereocenters. The molecule has 1 N–H and O–H groups in total. The Labute approximate surface area is 241 Å². The minimum absolute atomic E-state index is 0.00833. The molecule has 1 saturated heterocycles. The molecule has 0 spiro atoms. The molecule has 1 aromatic carbocycles. The molecule has 4 heterocycles. The second kappa shape index (κ2) is 10.8. The highest BCUT2D eigenvalue weighted by atomic mass is 35.5. The van der Waals surface area contributed by atoms with Crippen LogP contribution in [-0.4, -0.2) is 60.3 Å². The number of sulfone groups is 1. The average molecular weight is 602 g/mol. The number of anilines is 1. The van der Waals surface area contributed by atoms with E-state index in [2.05, 4.69) is 26.2 Å². The van der Waals surface area contributed by atoms with Crippen LogP contribution in [0.1, 0.15) is 31.1 Å². The normalized spacial score (nSPS) is 17.8. The first-order valence-corrected chi connectivity index (χ1v) is 15.2. The van der Waals surface area contributed by atoms with Crippen molar-refractivity contribution < 1.29 is 17.9 Å². The second-order valence-electron chi connectivity index (χ2n) is 9.85. The summed E-state index contributed by atoms with van der Waals surface area (Å²) in [5.41, 5.74) is 2.90. The third-order valence-electron chi connectivity index (χ3n) is 7.10. The van der Waals surface area contributed by atoms with Crippen molar-refractivity contribution >= 4 is 49.8 Å². The number of fused-ring (bicyclic) bond motifs is 1. The molecule has 0 bridgehead atoms. The van der Waals surface area contributed by atoms with Crippen molar-refractivity contribution in [3.8, 4) is 28.8 Å². The van der Waals surface area contributed by atoms with Crippen LogP contribution in [0.3, 0.4) is 0 Å². The third-order valence-corrected chi connectivity index (χ3v) is 8.74. The Morgan fingerprint density at radius 3 is 2.55 bits per heavy atom. The van der Waals surface area contributed by atoms with Gasteiger partial charge in [-0.25, -0.2) is 13.4 Å². The van der Waals surface area contributed by atoms with Crippen LogP contribution in [0, 0.1) is 17.2 Å². The van der Waals surface area contributed by atoms with E-state index in [1.807, 2.05) is 18.7 Å². The largest absolute Gasteiger partial charge is 0.493 e. The van der Waals surface area contributed by atoms with Crippen molar-refractivity contribution in [1.82, 2.24) is 20.2 Å². The van der Waals surface area contributed by atoms with Crippen LogP contribution in [0.4, 0.5) is 5.82 Å². The van der Waals surface area contributed by atoms with Gasteiger partial charge in [0.15, 0.2) is 11.5 Å². The predicted molar refractivity (Wildman–Crippen MR) is 154 cm³/mol. The van der Waals surface area contributed by atoms with Gasteiger partial charge in [-0.3, -0.25) is 10.1 Å². The molecule has 40 heavy (non-hydrogen) atoms. The highest BCUT2D eigenvalue weighted by Gasteiger charge is 2.39. The standard InChI is InChI=1S/C27H26Cl2N6O4S/c1-14-18(13-40(4,36)37)12-35(14)27-16(8-30)5-17(9-32-27)26-19-6-24(23(38-3)7-22(19)33-34-26)39-15(2)25-20(28)10-31-11-21(25)29/h5-7,9-11,14-15,18H,12-13H2,1-4H3,(H,33,34)/t14-,15-,18-/m1/s1. The van der Waals surface area contributed by atoms with Gasteiger partial charge in [-0.15, -0.1) is 0 Å². The maximum absolute atomic E-state index is 11.7. The van der Waals surface area contributed by atoms with E-state index in [1.54, 1.807) is 31.5 Å². The summed E-state index contributed by atoms with van der Waals surface area (Å²) >= 11 is 12.7. The molecule has 0 amide bonds. The number of ether oxygens (including phenoxy) is 2. The first-order chi connectivity index (χ1) is 19.0. The molecule has 1 fully saturated rings. The molecule has 1 aliphatic heterocycles. The van der Waals surface area contributed by atoms with Gasteiger partial charge in [-0.05, 0) is 26.0 Å². The Balaban J connectivity index is 1.47. The van der Waals surface area contributed by atoms with Crippen LogP contribution in [-0.2, 0) is 9.84 Å². The van der Waals surface area contributed by atoms with E-state index in [4.69, 9.17) is 32.7 Å². The van der Waals surface area contributed by atoms with Gasteiger partial charge in [-0.2, -0.15) is 10.4 Å². The summed E-state index contributed by atoms with van der Waals surface area (Å²) in [5, 5.41) is 18.9. The summed E-state index contributed by atoms with van der Waals surface area (Å²) < 4.78 is 35.3. The third kappa shape index (κ3) is 5.27. The van der Waals surface area contributed by atoms with Gasteiger partial charge in [0, 0.05) is 65.9 Å². The van der Waals surface area contributed by atoms with Gasteiger partial charge in [0.05, 0.1) is 34.0 Å². The number of nitriles is 1. The molecule has 3 atom stereocenters. The monoisotopic (exact) mass is 600 g/mol. The molecule has 1 aliphatic rings. The molecular weight excluding hydrogens is 575 g/mol. The molecular formula is C27H26Cl2N6O4S. The lowest BCUT2D eigenvalue weighted by molar-refractivity contribution is 0.216. The number of benzene rings is 1. The minimum atomic E-state index is -3.09. The van der Waals surface area contributed by atoms with Crippen molar-refractivity contribution in [2.75, 3.05) is 30.6 Å². The molecule has 10 nitrogen and oxygen atoms in total. The van der Waals surface area contributed by atoms with Crippen molar-refractivity contribution in [1.29, 1.82) is 5.26 Å². The lowest BCUT2D eigenvalue weighted by Crippen LogP contribution is -2.57. The highest BCUT2D eigenvalue weighted by Crippen LogP contribution is 2.41. The van der Waals surface area contributed by atoms with Crippen LogP contribution < -0.4 is 14.4 Å². The Hall–Kier alpha value is -3.59. The van der Waals surface area contributed by atoms with E-state index in [-0.39, 0.29) is 17.7 Å². The van der Waals surface area contributed by atoms with Gasteiger partial charge in [0.25, 0.3) is 0 Å². The first kappa shape index (κ1) is 28.0. The number of H-pyrrole nitrogens is 1. The van der Waals surface area contributed by atoms with Crippen molar-refractivity contribution in [3.63, 3.8) is 0 Å².